The average molecular weight is 140 g/mol. The topological polar surface area (TPSA) is 85.0 Å². The Balaban J connectivity index is 4.76. The number of carboxylic acids is 1. The molecule has 0 radical (unpaired) electrons. The highest BCUT2D eigenvalue weighted by Crippen LogP contribution is 1.97. The van der Waals surface area contributed by atoms with Gasteiger partial charge in [0.1, 0.15) is 0 Å². The van der Waals surface area contributed by atoms with Crippen molar-refractivity contribution in [1.29, 1.82) is 10.8 Å². The van der Waals surface area contributed by atoms with Crippen molar-refractivity contribution in [3.8, 4) is 0 Å². The summed E-state index contributed by atoms with van der Waals surface area (Å²) in [7, 11) is 0. The van der Waals surface area contributed by atoms with E-state index in [-0.39, 0.29) is 11.1 Å². The largest absolute Gasteiger partial charge is 0.478 e. The number of allylic oxidation sites excluding steroid dienone is 1. The lowest BCUT2D eigenvalue weighted by atomic mass is 10.1. The smallest absolute Gasteiger partial charge is 0.331 e. The van der Waals surface area contributed by atoms with Crippen LogP contribution in [0.2, 0.25) is 0 Å². The van der Waals surface area contributed by atoms with Gasteiger partial charge in [-0.15, -0.1) is 0 Å². The molecular formula is C6H8N2O2. The van der Waals surface area contributed by atoms with Gasteiger partial charge in [0, 0.05) is 23.6 Å². The van der Waals surface area contributed by atoms with Gasteiger partial charge in [-0.05, 0) is 6.92 Å². The molecule has 10 heavy (non-hydrogen) atoms. The molecule has 0 aromatic carbocycles. The van der Waals surface area contributed by atoms with Crippen molar-refractivity contribution < 1.29 is 9.90 Å². The quantitative estimate of drug-likeness (QED) is 0.398. The molecule has 54 valence electrons. The summed E-state index contributed by atoms with van der Waals surface area (Å²) in [6.07, 6.45) is 1.69. The molecule has 0 saturated carbocycles. The highest BCUT2D eigenvalue weighted by molar-refractivity contribution is 6.08. The number of carbonyl (C=O) groups is 1. The maximum absolute atomic E-state index is 10.2. The Bertz CT molecular complexity index is 196. The van der Waals surface area contributed by atoms with E-state index in [9.17, 15) is 4.79 Å². The summed E-state index contributed by atoms with van der Waals surface area (Å²) in [6.45, 7) is 1.35. The minimum Gasteiger partial charge on any atom is -0.478 e. The van der Waals surface area contributed by atoms with Gasteiger partial charge < -0.3 is 15.9 Å². The Hall–Kier alpha value is -1.45. The van der Waals surface area contributed by atoms with Crippen LogP contribution < -0.4 is 0 Å². The minimum absolute atomic E-state index is 0.0185. The standard InChI is InChI=1S/C6H8N2O2/c1-4(6(9)10)5(2-7)3-8/h2-3,7-8H,1H3,(H,9,10). The van der Waals surface area contributed by atoms with Gasteiger partial charge in [0.2, 0.25) is 0 Å². The second-order valence-corrected chi connectivity index (χ2v) is 1.67. The van der Waals surface area contributed by atoms with Gasteiger partial charge in [-0.3, -0.25) is 0 Å². The molecule has 0 aliphatic rings. The Labute approximate surface area is 58.2 Å². The Morgan fingerprint density at radius 3 is 1.90 bits per heavy atom. The summed E-state index contributed by atoms with van der Waals surface area (Å²) >= 11 is 0. The lowest BCUT2D eigenvalue weighted by molar-refractivity contribution is -0.132. The monoisotopic (exact) mass is 140 g/mol. The van der Waals surface area contributed by atoms with Crippen molar-refractivity contribution in [2.75, 3.05) is 0 Å². The number of carboxylic acid groups (broad SMARTS) is 1. The second kappa shape index (κ2) is 3.55. The van der Waals surface area contributed by atoms with Gasteiger partial charge in [-0.25, -0.2) is 4.79 Å². The molecule has 0 saturated heterocycles. The lowest BCUT2D eigenvalue weighted by Gasteiger charge is -1.93. The Morgan fingerprint density at radius 1 is 1.40 bits per heavy atom. The summed E-state index contributed by atoms with van der Waals surface area (Å²) in [5.41, 5.74) is 0.137. The van der Waals surface area contributed by atoms with Crippen LogP contribution in [0.4, 0.5) is 0 Å². The van der Waals surface area contributed by atoms with E-state index in [0.717, 1.165) is 12.4 Å². The van der Waals surface area contributed by atoms with E-state index in [4.69, 9.17) is 15.9 Å². The molecule has 0 aliphatic heterocycles. The molecule has 0 spiro atoms. The average Bonchev–Trinajstić information content (AvgIpc) is 1.90. The zero-order valence-electron chi connectivity index (χ0n) is 5.51. The third kappa shape index (κ3) is 1.81. The fourth-order valence-corrected chi connectivity index (χ4v) is 0.382. The predicted molar refractivity (Wildman–Crippen MR) is 37.9 cm³/mol. The highest BCUT2D eigenvalue weighted by Gasteiger charge is 2.03. The first-order chi connectivity index (χ1) is 4.63. The minimum atomic E-state index is -1.10. The third-order valence-corrected chi connectivity index (χ3v) is 1.06. The number of nitrogens with one attached hydrogen (secondary N) is 2. The second-order valence-electron chi connectivity index (χ2n) is 1.67. The molecule has 0 bridgehead atoms. The first-order valence-corrected chi connectivity index (χ1v) is 2.58. The Morgan fingerprint density at radius 2 is 1.80 bits per heavy atom. The van der Waals surface area contributed by atoms with Crippen molar-refractivity contribution in [2.45, 2.75) is 6.92 Å². The number of hydrogen-bond acceptors (Lipinski definition) is 3. The first kappa shape index (κ1) is 8.55. The van der Waals surface area contributed by atoms with E-state index < -0.39 is 5.97 Å². The van der Waals surface area contributed by atoms with E-state index in [2.05, 4.69) is 0 Å². The summed E-state index contributed by atoms with van der Waals surface area (Å²) in [5, 5.41) is 21.7. The highest BCUT2D eigenvalue weighted by atomic mass is 16.4. The van der Waals surface area contributed by atoms with Crippen molar-refractivity contribution >= 4 is 18.4 Å². The lowest BCUT2D eigenvalue weighted by Crippen LogP contribution is -2.02. The molecule has 0 rings (SSSR count). The van der Waals surface area contributed by atoms with E-state index >= 15 is 0 Å². The van der Waals surface area contributed by atoms with Crippen LogP contribution in [-0.2, 0) is 4.79 Å². The normalized spacial score (nSPS) is 8.10. The predicted octanol–water partition coefficient (Wildman–Crippen LogP) is 0.687. The summed E-state index contributed by atoms with van der Waals surface area (Å²) in [6, 6.07) is 0. The van der Waals surface area contributed by atoms with Gasteiger partial charge in [0.05, 0.1) is 0 Å². The third-order valence-electron chi connectivity index (χ3n) is 1.06. The maximum atomic E-state index is 10.2. The van der Waals surface area contributed by atoms with Gasteiger partial charge >= 0.3 is 5.97 Å². The molecule has 4 nitrogen and oxygen atoms in total. The number of rotatable bonds is 3. The molecule has 3 N–H and O–H groups in total. The fourth-order valence-electron chi connectivity index (χ4n) is 0.382. The summed E-state index contributed by atoms with van der Waals surface area (Å²) in [5.74, 6) is -1.10. The van der Waals surface area contributed by atoms with Gasteiger partial charge in [-0.1, -0.05) is 0 Å². The molecule has 0 aliphatic carbocycles. The van der Waals surface area contributed by atoms with Crippen molar-refractivity contribution in [3.05, 3.63) is 11.1 Å². The first-order valence-electron chi connectivity index (χ1n) is 2.58. The van der Waals surface area contributed by atoms with Crippen LogP contribution in [0.3, 0.4) is 0 Å². The zero-order valence-corrected chi connectivity index (χ0v) is 5.51. The maximum Gasteiger partial charge on any atom is 0.331 e. The van der Waals surface area contributed by atoms with Crippen LogP contribution >= 0.6 is 0 Å². The van der Waals surface area contributed by atoms with E-state index in [1.807, 2.05) is 0 Å². The summed E-state index contributed by atoms with van der Waals surface area (Å²) in [4.78, 5) is 10.2. The Kier molecular flexibility index (Phi) is 3.04. The van der Waals surface area contributed by atoms with Crippen LogP contribution in [0.25, 0.3) is 0 Å². The molecular weight excluding hydrogens is 132 g/mol. The van der Waals surface area contributed by atoms with E-state index in [1.165, 1.54) is 6.92 Å². The van der Waals surface area contributed by atoms with Crippen LogP contribution in [0.5, 0.6) is 0 Å². The molecule has 0 heterocycles. The summed E-state index contributed by atoms with van der Waals surface area (Å²) < 4.78 is 0. The van der Waals surface area contributed by atoms with Crippen molar-refractivity contribution in [3.63, 3.8) is 0 Å². The number of aliphatic carboxylic acids is 1. The molecule has 0 unspecified atom stereocenters. The number of hydrogen-bond donors (Lipinski definition) is 3. The van der Waals surface area contributed by atoms with Crippen LogP contribution in [0.15, 0.2) is 11.1 Å². The molecule has 0 aromatic rings. The van der Waals surface area contributed by atoms with Crippen molar-refractivity contribution in [2.24, 2.45) is 0 Å². The fraction of sp³-hybridized carbons (Fsp3) is 0.167. The van der Waals surface area contributed by atoms with Crippen molar-refractivity contribution in [1.82, 2.24) is 0 Å². The van der Waals surface area contributed by atoms with Crippen LogP contribution in [0, 0.1) is 10.8 Å². The van der Waals surface area contributed by atoms with Gasteiger partial charge in [0.15, 0.2) is 0 Å². The van der Waals surface area contributed by atoms with Gasteiger partial charge in [0.25, 0.3) is 0 Å². The zero-order chi connectivity index (χ0) is 8.15. The molecule has 0 atom stereocenters. The van der Waals surface area contributed by atoms with Gasteiger partial charge in [-0.2, -0.15) is 0 Å². The molecule has 4 heteroatoms. The molecule has 0 fully saturated rings. The SMILES string of the molecule is CC(C(=O)O)=C(C=N)C=N. The van der Waals surface area contributed by atoms with Crippen LogP contribution in [-0.4, -0.2) is 23.5 Å². The molecule has 0 amide bonds. The van der Waals surface area contributed by atoms with E-state index in [1.54, 1.807) is 0 Å². The van der Waals surface area contributed by atoms with Crippen LogP contribution in [0.1, 0.15) is 6.92 Å². The molecule has 0 aromatic heterocycles. The van der Waals surface area contributed by atoms with E-state index in [0.29, 0.717) is 0 Å².